The number of anilines is 1. The molecule has 8 nitrogen and oxygen atoms in total. The predicted molar refractivity (Wildman–Crippen MR) is 112 cm³/mol. The molecule has 0 saturated heterocycles. The Labute approximate surface area is 183 Å². The minimum Gasteiger partial charge on any atom is -0.484 e. The van der Waals surface area contributed by atoms with Crippen LogP contribution in [0.4, 0.5) is 10.2 Å². The first kappa shape index (κ1) is 23.8. The fraction of sp³-hybridized carbons (Fsp3) is 0.238. The molecule has 0 unspecified atom stereocenters. The standard InChI is InChI=1S/C21H21ClFN3O5/c1-3-30-21(29)14-5-8-18(24-11-14)26-19(27)9-4-13(2)25-20(28)12-31-15-6-7-16(22)17(23)10-15/h5-8,10-11H,2-4,9,12H2,1H3,(H,25,28)(H,24,26,27). The molecule has 1 aromatic carbocycles. The predicted octanol–water partition coefficient (Wildman–Crippen LogP) is 3.48. The molecule has 0 radical (unpaired) electrons. The average Bonchev–Trinajstić information content (AvgIpc) is 2.74. The number of amides is 2. The summed E-state index contributed by atoms with van der Waals surface area (Å²) in [5.74, 6) is -1.57. The SMILES string of the molecule is C=C(CCC(=O)Nc1ccc(C(=O)OCC)cn1)NC(=O)COc1ccc(Cl)c(F)c1. The lowest BCUT2D eigenvalue weighted by atomic mass is 10.2. The van der Waals surface area contributed by atoms with E-state index in [-0.39, 0.29) is 54.1 Å². The Morgan fingerprint density at radius 1 is 1.16 bits per heavy atom. The van der Waals surface area contributed by atoms with Gasteiger partial charge in [-0.05, 0) is 37.6 Å². The van der Waals surface area contributed by atoms with Crippen LogP contribution in [0, 0.1) is 5.82 Å². The highest BCUT2D eigenvalue weighted by Crippen LogP contribution is 2.20. The van der Waals surface area contributed by atoms with Gasteiger partial charge in [-0.1, -0.05) is 18.2 Å². The second-order valence-corrected chi connectivity index (χ2v) is 6.62. The Bertz CT molecular complexity index is 966. The van der Waals surface area contributed by atoms with Crippen LogP contribution < -0.4 is 15.4 Å². The number of benzene rings is 1. The Balaban J connectivity index is 1.71. The van der Waals surface area contributed by atoms with E-state index in [1.165, 1.54) is 30.5 Å². The summed E-state index contributed by atoms with van der Waals surface area (Å²) in [7, 11) is 0. The van der Waals surface area contributed by atoms with Crippen LogP contribution in [0.5, 0.6) is 5.75 Å². The Hall–Kier alpha value is -3.46. The second-order valence-electron chi connectivity index (χ2n) is 6.22. The van der Waals surface area contributed by atoms with Crippen molar-refractivity contribution in [1.82, 2.24) is 10.3 Å². The third kappa shape index (κ3) is 8.06. The number of ether oxygens (including phenoxy) is 2. The van der Waals surface area contributed by atoms with E-state index < -0.39 is 17.7 Å². The van der Waals surface area contributed by atoms with E-state index in [0.717, 1.165) is 6.07 Å². The zero-order chi connectivity index (χ0) is 22.8. The molecule has 10 heteroatoms. The number of halogens is 2. The number of esters is 1. The van der Waals surface area contributed by atoms with Crippen molar-refractivity contribution in [2.75, 3.05) is 18.5 Å². The van der Waals surface area contributed by atoms with Gasteiger partial charge in [0.25, 0.3) is 5.91 Å². The molecule has 0 aliphatic carbocycles. The number of pyridine rings is 1. The van der Waals surface area contributed by atoms with Crippen LogP contribution in [0.25, 0.3) is 0 Å². The molecule has 2 N–H and O–H groups in total. The van der Waals surface area contributed by atoms with Crippen LogP contribution in [0.15, 0.2) is 48.8 Å². The summed E-state index contributed by atoms with van der Waals surface area (Å²) in [6.45, 7) is 5.28. The van der Waals surface area contributed by atoms with E-state index in [1.54, 1.807) is 6.92 Å². The minimum atomic E-state index is -0.653. The lowest BCUT2D eigenvalue weighted by molar-refractivity contribution is -0.122. The number of allylic oxidation sites excluding steroid dienone is 1. The molecule has 31 heavy (non-hydrogen) atoms. The van der Waals surface area contributed by atoms with Crippen molar-refractivity contribution in [3.8, 4) is 5.75 Å². The molecule has 1 heterocycles. The van der Waals surface area contributed by atoms with Gasteiger partial charge in [-0.2, -0.15) is 0 Å². The van der Waals surface area contributed by atoms with Crippen molar-refractivity contribution in [3.05, 3.63) is 65.2 Å². The van der Waals surface area contributed by atoms with Crippen LogP contribution in [0.1, 0.15) is 30.1 Å². The van der Waals surface area contributed by atoms with Gasteiger partial charge in [0.15, 0.2) is 6.61 Å². The minimum absolute atomic E-state index is 0.0453. The number of carbonyl (C=O) groups is 3. The quantitative estimate of drug-likeness (QED) is 0.538. The highest BCUT2D eigenvalue weighted by atomic mass is 35.5. The van der Waals surface area contributed by atoms with Gasteiger partial charge in [-0.3, -0.25) is 9.59 Å². The smallest absolute Gasteiger partial charge is 0.339 e. The van der Waals surface area contributed by atoms with Gasteiger partial charge in [-0.25, -0.2) is 14.2 Å². The van der Waals surface area contributed by atoms with Crippen LogP contribution in [-0.4, -0.2) is 36.0 Å². The monoisotopic (exact) mass is 449 g/mol. The summed E-state index contributed by atoms with van der Waals surface area (Å²) in [4.78, 5) is 39.5. The maximum Gasteiger partial charge on any atom is 0.339 e. The summed E-state index contributed by atoms with van der Waals surface area (Å²) in [5.41, 5.74) is 0.594. The summed E-state index contributed by atoms with van der Waals surface area (Å²) < 4.78 is 23.4. The number of nitrogens with one attached hydrogen (secondary N) is 2. The average molecular weight is 450 g/mol. The van der Waals surface area contributed by atoms with E-state index in [2.05, 4.69) is 22.2 Å². The van der Waals surface area contributed by atoms with E-state index in [9.17, 15) is 18.8 Å². The fourth-order valence-corrected chi connectivity index (χ4v) is 2.40. The molecule has 0 aliphatic rings. The Kier molecular flexibility index (Phi) is 8.95. The molecule has 0 spiro atoms. The first-order valence-electron chi connectivity index (χ1n) is 9.27. The van der Waals surface area contributed by atoms with Crippen molar-refractivity contribution >= 4 is 35.2 Å². The van der Waals surface area contributed by atoms with Gasteiger partial charge in [0.05, 0.1) is 17.2 Å². The van der Waals surface area contributed by atoms with Gasteiger partial charge < -0.3 is 20.1 Å². The molecule has 2 rings (SSSR count). The lowest BCUT2D eigenvalue weighted by Crippen LogP contribution is -2.28. The van der Waals surface area contributed by atoms with Crippen LogP contribution >= 0.6 is 11.6 Å². The van der Waals surface area contributed by atoms with Crippen molar-refractivity contribution < 1.29 is 28.2 Å². The molecule has 0 saturated carbocycles. The largest absolute Gasteiger partial charge is 0.484 e. The third-order valence-electron chi connectivity index (χ3n) is 3.77. The van der Waals surface area contributed by atoms with Gasteiger partial charge in [0.2, 0.25) is 5.91 Å². The normalized spacial score (nSPS) is 10.2. The molecule has 0 fully saturated rings. The number of rotatable bonds is 10. The maximum atomic E-state index is 13.3. The van der Waals surface area contributed by atoms with E-state index in [1.807, 2.05) is 0 Å². The number of hydrogen-bond acceptors (Lipinski definition) is 6. The summed E-state index contributed by atoms with van der Waals surface area (Å²) in [5, 5.41) is 5.03. The highest BCUT2D eigenvalue weighted by molar-refractivity contribution is 6.30. The molecular formula is C21H21ClFN3O5. The molecule has 164 valence electrons. The van der Waals surface area contributed by atoms with Gasteiger partial charge in [-0.15, -0.1) is 0 Å². The topological polar surface area (TPSA) is 107 Å². The lowest BCUT2D eigenvalue weighted by Gasteiger charge is -2.10. The number of aromatic nitrogens is 1. The molecular weight excluding hydrogens is 429 g/mol. The molecule has 0 aliphatic heterocycles. The molecule has 1 aromatic heterocycles. The van der Waals surface area contributed by atoms with Crippen LogP contribution in [-0.2, 0) is 14.3 Å². The number of hydrogen-bond donors (Lipinski definition) is 2. The fourth-order valence-electron chi connectivity index (χ4n) is 2.28. The van der Waals surface area contributed by atoms with Crippen LogP contribution in [0.3, 0.4) is 0 Å². The summed E-state index contributed by atoms with van der Waals surface area (Å²) in [6.07, 6.45) is 1.54. The van der Waals surface area contributed by atoms with Crippen molar-refractivity contribution in [2.24, 2.45) is 0 Å². The van der Waals surface area contributed by atoms with Gasteiger partial charge in [0.1, 0.15) is 17.4 Å². The number of carbonyl (C=O) groups excluding carboxylic acids is 3. The van der Waals surface area contributed by atoms with Crippen molar-refractivity contribution in [3.63, 3.8) is 0 Å². The summed E-state index contributed by atoms with van der Waals surface area (Å²) in [6, 6.07) is 6.80. The highest BCUT2D eigenvalue weighted by Gasteiger charge is 2.10. The van der Waals surface area contributed by atoms with E-state index in [4.69, 9.17) is 21.1 Å². The Morgan fingerprint density at radius 2 is 1.94 bits per heavy atom. The first-order chi connectivity index (χ1) is 14.8. The molecule has 2 amide bonds. The molecule has 0 atom stereocenters. The Morgan fingerprint density at radius 3 is 2.58 bits per heavy atom. The number of nitrogens with zero attached hydrogens (tertiary/aromatic N) is 1. The first-order valence-corrected chi connectivity index (χ1v) is 9.64. The van der Waals surface area contributed by atoms with Crippen molar-refractivity contribution in [1.29, 1.82) is 0 Å². The van der Waals surface area contributed by atoms with Gasteiger partial charge >= 0.3 is 5.97 Å². The second kappa shape index (κ2) is 11.7. The van der Waals surface area contributed by atoms with Crippen molar-refractivity contribution in [2.45, 2.75) is 19.8 Å². The zero-order valence-corrected chi connectivity index (χ0v) is 17.5. The maximum absolute atomic E-state index is 13.3. The van der Waals surface area contributed by atoms with Crippen LogP contribution in [0.2, 0.25) is 5.02 Å². The zero-order valence-electron chi connectivity index (χ0n) is 16.7. The van der Waals surface area contributed by atoms with E-state index in [0.29, 0.717) is 5.70 Å². The van der Waals surface area contributed by atoms with Gasteiger partial charge in [0, 0.05) is 24.4 Å². The third-order valence-corrected chi connectivity index (χ3v) is 4.08. The summed E-state index contributed by atoms with van der Waals surface area (Å²) >= 11 is 5.58. The van der Waals surface area contributed by atoms with E-state index >= 15 is 0 Å². The molecule has 2 aromatic rings. The molecule has 0 bridgehead atoms.